The van der Waals surface area contributed by atoms with Gasteiger partial charge in [-0.05, 0) is 6.42 Å². The molecule has 0 aromatic rings. The Kier molecular flexibility index (Phi) is 4.12. The van der Waals surface area contributed by atoms with Gasteiger partial charge >= 0.3 is 0 Å². The van der Waals surface area contributed by atoms with Crippen LogP contribution in [0.25, 0.3) is 0 Å². The molecule has 0 radical (unpaired) electrons. The molecule has 16 heavy (non-hydrogen) atoms. The van der Waals surface area contributed by atoms with E-state index in [1.165, 1.54) is 0 Å². The summed E-state index contributed by atoms with van der Waals surface area (Å²) in [5, 5.41) is 0.302. The summed E-state index contributed by atoms with van der Waals surface area (Å²) in [5.41, 5.74) is 0. The normalized spacial score (nSPS) is 32.3. The van der Waals surface area contributed by atoms with Crippen LogP contribution in [0.1, 0.15) is 13.3 Å². The fourth-order valence-electron chi connectivity index (χ4n) is 2.21. The molecule has 7 heteroatoms. The molecule has 2 aliphatic rings. The molecule has 2 fully saturated rings. The first kappa shape index (κ1) is 12.6. The molecule has 0 amide bonds. The Balaban J connectivity index is 2.13. The maximum Gasteiger partial charge on any atom is 0.279 e. The number of fused-ring (bicyclic) bond motifs is 1. The van der Waals surface area contributed by atoms with E-state index in [9.17, 15) is 8.42 Å². The molecule has 0 aliphatic carbocycles. The average molecular weight is 266 g/mol. The fraction of sp³-hybridized carbons (Fsp3) is 1.00. The highest BCUT2D eigenvalue weighted by Crippen LogP contribution is 2.31. The first-order valence-corrected chi connectivity index (χ1v) is 8.10. The van der Waals surface area contributed by atoms with Crippen molar-refractivity contribution in [1.82, 2.24) is 9.03 Å². The second-order valence-electron chi connectivity index (χ2n) is 3.95. The van der Waals surface area contributed by atoms with Gasteiger partial charge in [0, 0.05) is 36.7 Å². The number of nitrogens with one attached hydrogen (secondary N) is 1. The lowest BCUT2D eigenvalue weighted by Gasteiger charge is -2.42. The molecule has 2 atom stereocenters. The van der Waals surface area contributed by atoms with Crippen LogP contribution in [0.5, 0.6) is 0 Å². The highest BCUT2D eigenvalue weighted by molar-refractivity contribution is 8.00. The third kappa shape index (κ3) is 2.53. The number of nitrogens with zero attached hydrogens (tertiary/aromatic N) is 1. The molecule has 0 spiro atoms. The average Bonchev–Trinajstić information content (AvgIpc) is 2.28. The van der Waals surface area contributed by atoms with Gasteiger partial charge in [-0.25, -0.2) is 4.72 Å². The molecule has 2 aliphatic heterocycles. The van der Waals surface area contributed by atoms with Crippen molar-refractivity contribution in [2.24, 2.45) is 0 Å². The summed E-state index contributed by atoms with van der Waals surface area (Å²) in [6.45, 7) is 4.20. The molecule has 2 rings (SSSR count). The van der Waals surface area contributed by atoms with E-state index in [0.29, 0.717) is 31.6 Å². The molecule has 5 nitrogen and oxygen atoms in total. The molecule has 2 heterocycles. The minimum absolute atomic E-state index is 0.108. The van der Waals surface area contributed by atoms with Crippen molar-refractivity contribution in [3.05, 3.63) is 0 Å². The Hall–Kier alpha value is 0.180. The van der Waals surface area contributed by atoms with Crippen molar-refractivity contribution in [2.45, 2.75) is 24.6 Å². The second-order valence-corrected chi connectivity index (χ2v) is 7.01. The molecule has 1 N–H and O–H groups in total. The first-order chi connectivity index (χ1) is 7.65. The van der Waals surface area contributed by atoms with Gasteiger partial charge in [-0.2, -0.15) is 24.5 Å². The first-order valence-electron chi connectivity index (χ1n) is 5.61. The number of hydrogen-bond acceptors (Lipinski definition) is 4. The summed E-state index contributed by atoms with van der Waals surface area (Å²) >= 11 is 1.83. The van der Waals surface area contributed by atoms with Crippen LogP contribution in [0.4, 0.5) is 0 Å². The van der Waals surface area contributed by atoms with Crippen LogP contribution in [-0.4, -0.2) is 56.1 Å². The standard InChI is InChI=1S/C9H18N2O3S2/c1-2-10-16(12,13)11-4-6-15-9-7-14-5-3-8(9)11/h8-10H,2-7H2,1H3/t8-,9-/m1/s1. The third-order valence-electron chi connectivity index (χ3n) is 2.92. The second kappa shape index (κ2) is 5.22. The van der Waals surface area contributed by atoms with Crippen LogP contribution in [0.2, 0.25) is 0 Å². The van der Waals surface area contributed by atoms with E-state index < -0.39 is 10.2 Å². The van der Waals surface area contributed by atoms with Crippen molar-refractivity contribution in [3.8, 4) is 0 Å². The Labute approximate surface area is 101 Å². The molecule has 0 bridgehead atoms. The predicted molar refractivity (Wildman–Crippen MR) is 64.8 cm³/mol. The zero-order chi connectivity index (χ0) is 11.6. The molecule has 0 saturated carbocycles. The van der Waals surface area contributed by atoms with Crippen LogP contribution >= 0.6 is 11.8 Å². The number of thioether (sulfide) groups is 1. The van der Waals surface area contributed by atoms with E-state index in [1.54, 1.807) is 11.2 Å². The minimum atomic E-state index is -3.29. The monoisotopic (exact) mass is 266 g/mol. The van der Waals surface area contributed by atoms with Gasteiger partial charge in [0.05, 0.1) is 6.61 Å². The largest absolute Gasteiger partial charge is 0.380 e. The van der Waals surface area contributed by atoms with Crippen LogP contribution < -0.4 is 4.72 Å². The lowest BCUT2D eigenvalue weighted by atomic mass is 10.1. The zero-order valence-electron chi connectivity index (χ0n) is 9.39. The van der Waals surface area contributed by atoms with Crippen molar-refractivity contribution in [1.29, 1.82) is 0 Å². The predicted octanol–water partition coefficient (Wildman–Crippen LogP) is 0.0470. The smallest absolute Gasteiger partial charge is 0.279 e. The Morgan fingerprint density at radius 3 is 3.12 bits per heavy atom. The van der Waals surface area contributed by atoms with Gasteiger partial charge in [-0.3, -0.25) is 0 Å². The van der Waals surface area contributed by atoms with E-state index in [4.69, 9.17) is 4.74 Å². The minimum Gasteiger partial charge on any atom is -0.380 e. The van der Waals surface area contributed by atoms with Crippen molar-refractivity contribution in [2.75, 3.05) is 32.1 Å². The summed E-state index contributed by atoms with van der Waals surface area (Å²) in [7, 11) is -3.29. The van der Waals surface area contributed by atoms with Gasteiger partial charge in [0.15, 0.2) is 0 Å². The van der Waals surface area contributed by atoms with Crippen LogP contribution in [0.3, 0.4) is 0 Å². The number of rotatable bonds is 3. The maximum atomic E-state index is 12.0. The Bertz CT molecular complexity index is 332. The van der Waals surface area contributed by atoms with E-state index in [2.05, 4.69) is 4.72 Å². The Morgan fingerprint density at radius 2 is 2.38 bits per heavy atom. The summed E-state index contributed by atoms with van der Waals surface area (Å²) < 4.78 is 33.6. The summed E-state index contributed by atoms with van der Waals surface area (Å²) in [5.74, 6) is 0.856. The molecule has 0 aromatic heterocycles. The van der Waals surface area contributed by atoms with E-state index in [-0.39, 0.29) is 6.04 Å². The quantitative estimate of drug-likeness (QED) is 0.784. The topological polar surface area (TPSA) is 58.6 Å². The zero-order valence-corrected chi connectivity index (χ0v) is 11.0. The van der Waals surface area contributed by atoms with E-state index >= 15 is 0 Å². The summed E-state index contributed by atoms with van der Waals surface area (Å²) in [6.07, 6.45) is 0.808. The highest BCUT2D eigenvalue weighted by atomic mass is 32.2. The number of hydrogen-bond donors (Lipinski definition) is 1. The Morgan fingerprint density at radius 1 is 1.56 bits per heavy atom. The van der Waals surface area contributed by atoms with Crippen LogP contribution in [-0.2, 0) is 14.9 Å². The summed E-state index contributed by atoms with van der Waals surface area (Å²) in [4.78, 5) is 0. The van der Waals surface area contributed by atoms with Gasteiger partial charge in [0.2, 0.25) is 0 Å². The van der Waals surface area contributed by atoms with E-state index in [0.717, 1.165) is 12.2 Å². The van der Waals surface area contributed by atoms with Crippen molar-refractivity contribution in [3.63, 3.8) is 0 Å². The van der Waals surface area contributed by atoms with Gasteiger partial charge < -0.3 is 4.74 Å². The van der Waals surface area contributed by atoms with Crippen molar-refractivity contribution < 1.29 is 13.2 Å². The van der Waals surface area contributed by atoms with Crippen molar-refractivity contribution >= 4 is 22.0 Å². The number of ether oxygens (including phenoxy) is 1. The third-order valence-corrected chi connectivity index (χ3v) is 5.94. The van der Waals surface area contributed by atoms with Crippen LogP contribution in [0.15, 0.2) is 0 Å². The fourth-order valence-corrected chi connectivity index (χ4v) is 5.18. The molecular formula is C9H18N2O3S2. The van der Waals surface area contributed by atoms with E-state index in [1.807, 2.05) is 11.8 Å². The molecule has 0 aromatic carbocycles. The molecule has 94 valence electrons. The maximum absolute atomic E-state index is 12.0. The molecule has 0 unspecified atom stereocenters. The SMILES string of the molecule is CCNS(=O)(=O)N1CCS[C@@H]2COCC[C@H]21. The molecule has 2 saturated heterocycles. The van der Waals surface area contributed by atoms with Crippen LogP contribution in [0, 0.1) is 0 Å². The highest BCUT2D eigenvalue weighted by Gasteiger charge is 2.39. The van der Waals surface area contributed by atoms with Gasteiger partial charge in [-0.15, -0.1) is 0 Å². The van der Waals surface area contributed by atoms with Gasteiger partial charge in [0.1, 0.15) is 0 Å². The summed E-state index contributed by atoms with van der Waals surface area (Å²) in [6, 6.07) is 0.108. The lowest BCUT2D eigenvalue weighted by Crippen LogP contribution is -2.56. The molecular weight excluding hydrogens is 248 g/mol. The van der Waals surface area contributed by atoms with Gasteiger partial charge in [-0.1, -0.05) is 6.92 Å². The van der Waals surface area contributed by atoms with Gasteiger partial charge in [0.25, 0.3) is 10.2 Å². The lowest BCUT2D eigenvalue weighted by molar-refractivity contribution is 0.0622.